The summed E-state index contributed by atoms with van der Waals surface area (Å²) < 4.78 is 5.20. The van der Waals surface area contributed by atoms with Gasteiger partial charge in [0.15, 0.2) is 0 Å². The Hall–Kier alpha value is -1.39. The molecule has 0 unspecified atom stereocenters. The van der Waals surface area contributed by atoms with Gasteiger partial charge in [0.2, 0.25) is 5.89 Å². The topological polar surface area (TPSA) is 68.0 Å². The molecule has 14 heavy (non-hydrogen) atoms. The number of carbonyl (C=O) groups excluding carboxylic acids is 1. The van der Waals surface area contributed by atoms with E-state index in [0.717, 1.165) is 12.8 Å². The zero-order valence-electron chi connectivity index (χ0n) is 8.28. The third-order valence-electron chi connectivity index (χ3n) is 2.04. The molecular weight excluding hydrogens is 182 g/mol. The van der Waals surface area contributed by atoms with Crippen LogP contribution < -0.4 is 5.32 Å². The summed E-state index contributed by atoms with van der Waals surface area (Å²) >= 11 is 0. The molecule has 1 aromatic heterocycles. The fourth-order valence-electron chi connectivity index (χ4n) is 1.03. The lowest BCUT2D eigenvalue weighted by molar-refractivity contribution is 0.0914. The van der Waals surface area contributed by atoms with Gasteiger partial charge in [-0.2, -0.15) is 0 Å². The van der Waals surface area contributed by atoms with Crippen LogP contribution in [0.1, 0.15) is 49.2 Å². The van der Waals surface area contributed by atoms with Crippen molar-refractivity contribution >= 4 is 5.91 Å². The van der Waals surface area contributed by atoms with Gasteiger partial charge in [0.1, 0.15) is 0 Å². The molecule has 76 valence electrons. The smallest absolute Gasteiger partial charge is 0.309 e. The predicted octanol–water partition coefficient (Wildman–Crippen LogP) is 1.09. The highest BCUT2D eigenvalue weighted by atomic mass is 16.4. The van der Waals surface area contributed by atoms with E-state index in [2.05, 4.69) is 15.5 Å². The summed E-state index contributed by atoms with van der Waals surface area (Å²) in [4.78, 5) is 11.4. The highest BCUT2D eigenvalue weighted by Gasteiger charge is 2.26. The average Bonchev–Trinajstić information content (AvgIpc) is 2.81. The van der Waals surface area contributed by atoms with Gasteiger partial charge < -0.3 is 9.73 Å². The van der Waals surface area contributed by atoms with Crippen molar-refractivity contribution in [3.05, 3.63) is 11.8 Å². The van der Waals surface area contributed by atoms with Gasteiger partial charge >= 0.3 is 11.8 Å². The minimum Gasteiger partial charge on any atom is -0.417 e. The third-order valence-corrected chi connectivity index (χ3v) is 2.04. The Balaban J connectivity index is 2.03. The Morgan fingerprint density at radius 2 is 2.21 bits per heavy atom. The fourth-order valence-corrected chi connectivity index (χ4v) is 1.03. The monoisotopic (exact) mass is 195 g/mol. The van der Waals surface area contributed by atoms with Crippen LogP contribution >= 0.6 is 0 Å². The van der Waals surface area contributed by atoms with Gasteiger partial charge in [0, 0.05) is 12.0 Å². The van der Waals surface area contributed by atoms with Crippen LogP contribution in [0, 0.1) is 0 Å². The SMILES string of the molecule is CC(C)c1nnc(C(=O)NC2CC2)o1. The molecule has 0 saturated heterocycles. The number of hydrogen-bond acceptors (Lipinski definition) is 4. The van der Waals surface area contributed by atoms with Crippen LogP contribution in [0.2, 0.25) is 0 Å². The van der Waals surface area contributed by atoms with Crippen LogP contribution in [0.3, 0.4) is 0 Å². The van der Waals surface area contributed by atoms with Gasteiger partial charge in [-0.05, 0) is 12.8 Å². The number of nitrogens with zero attached hydrogens (tertiary/aromatic N) is 2. The molecule has 1 N–H and O–H groups in total. The van der Waals surface area contributed by atoms with E-state index in [0.29, 0.717) is 11.9 Å². The van der Waals surface area contributed by atoms with Crippen LogP contribution in [0.5, 0.6) is 0 Å². The Morgan fingerprint density at radius 1 is 1.50 bits per heavy atom. The molecule has 1 heterocycles. The van der Waals surface area contributed by atoms with E-state index in [-0.39, 0.29) is 17.7 Å². The number of nitrogens with one attached hydrogen (secondary N) is 1. The summed E-state index contributed by atoms with van der Waals surface area (Å²) in [5, 5.41) is 10.3. The lowest BCUT2D eigenvalue weighted by Crippen LogP contribution is -2.25. The van der Waals surface area contributed by atoms with Gasteiger partial charge in [-0.15, -0.1) is 10.2 Å². The van der Waals surface area contributed by atoms with Crippen molar-refractivity contribution in [2.45, 2.75) is 38.6 Å². The van der Waals surface area contributed by atoms with Crippen molar-refractivity contribution < 1.29 is 9.21 Å². The number of rotatable bonds is 3. The normalized spacial score (nSPS) is 15.9. The average molecular weight is 195 g/mol. The molecule has 0 bridgehead atoms. The quantitative estimate of drug-likeness (QED) is 0.783. The van der Waals surface area contributed by atoms with E-state index in [1.54, 1.807) is 0 Å². The van der Waals surface area contributed by atoms with E-state index < -0.39 is 0 Å². The van der Waals surface area contributed by atoms with E-state index in [1.165, 1.54) is 0 Å². The fraction of sp³-hybridized carbons (Fsp3) is 0.667. The minimum absolute atomic E-state index is 0.0700. The Kier molecular flexibility index (Phi) is 2.23. The zero-order valence-corrected chi connectivity index (χ0v) is 8.28. The molecule has 1 aliphatic carbocycles. The summed E-state index contributed by atoms with van der Waals surface area (Å²) in [5.74, 6) is 0.475. The maximum atomic E-state index is 11.4. The summed E-state index contributed by atoms with van der Waals surface area (Å²) in [6.07, 6.45) is 2.10. The molecule has 1 amide bonds. The highest BCUT2D eigenvalue weighted by Crippen LogP contribution is 2.19. The molecule has 1 fully saturated rings. The first kappa shape index (κ1) is 9.18. The molecule has 0 spiro atoms. The lowest BCUT2D eigenvalue weighted by atomic mass is 10.2. The molecule has 5 nitrogen and oxygen atoms in total. The molecular formula is C9H13N3O2. The van der Waals surface area contributed by atoms with Gasteiger partial charge in [-0.3, -0.25) is 4.79 Å². The summed E-state index contributed by atoms with van der Waals surface area (Å²) in [7, 11) is 0. The molecule has 0 radical (unpaired) electrons. The first-order valence-corrected chi connectivity index (χ1v) is 4.81. The van der Waals surface area contributed by atoms with Gasteiger partial charge in [-0.25, -0.2) is 0 Å². The van der Waals surface area contributed by atoms with Gasteiger partial charge in [0.05, 0.1) is 0 Å². The van der Waals surface area contributed by atoms with Crippen LogP contribution in [0.25, 0.3) is 0 Å². The molecule has 1 aliphatic rings. The summed E-state index contributed by atoms with van der Waals surface area (Å²) in [5.41, 5.74) is 0. The molecule has 1 saturated carbocycles. The first-order chi connectivity index (χ1) is 6.66. The maximum Gasteiger partial charge on any atom is 0.309 e. The first-order valence-electron chi connectivity index (χ1n) is 4.81. The van der Waals surface area contributed by atoms with E-state index in [1.807, 2.05) is 13.8 Å². The third kappa shape index (κ3) is 1.92. The van der Waals surface area contributed by atoms with Crippen molar-refractivity contribution in [1.82, 2.24) is 15.5 Å². The van der Waals surface area contributed by atoms with Crippen molar-refractivity contribution in [3.63, 3.8) is 0 Å². The maximum absolute atomic E-state index is 11.4. The van der Waals surface area contributed by atoms with Gasteiger partial charge in [0.25, 0.3) is 0 Å². The van der Waals surface area contributed by atoms with Crippen molar-refractivity contribution in [1.29, 1.82) is 0 Å². The van der Waals surface area contributed by atoms with Crippen LogP contribution in [0.4, 0.5) is 0 Å². The zero-order chi connectivity index (χ0) is 10.1. The van der Waals surface area contributed by atoms with E-state index in [9.17, 15) is 4.79 Å². The number of amides is 1. The molecule has 0 aliphatic heterocycles. The molecule has 0 atom stereocenters. The van der Waals surface area contributed by atoms with E-state index >= 15 is 0 Å². The number of hydrogen-bond donors (Lipinski definition) is 1. The minimum atomic E-state index is -0.257. The number of aromatic nitrogens is 2. The second-order valence-corrected chi connectivity index (χ2v) is 3.85. The predicted molar refractivity (Wildman–Crippen MR) is 48.9 cm³/mol. The Bertz CT molecular complexity index is 342. The van der Waals surface area contributed by atoms with Crippen LogP contribution in [-0.4, -0.2) is 22.1 Å². The largest absolute Gasteiger partial charge is 0.417 e. The van der Waals surface area contributed by atoms with Crippen molar-refractivity contribution in [2.24, 2.45) is 0 Å². The lowest BCUT2D eigenvalue weighted by Gasteiger charge is -1.97. The second kappa shape index (κ2) is 3.40. The van der Waals surface area contributed by atoms with E-state index in [4.69, 9.17) is 4.42 Å². The molecule has 1 aromatic rings. The summed E-state index contributed by atoms with van der Waals surface area (Å²) in [6.45, 7) is 3.88. The Labute approximate surface area is 81.9 Å². The van der Waals surface area contributed by atoms with Crippen molar-refractivity contribution in [2.75, 3.05) is 0 Å². The standard InChI is InChI=1S/C9H13N3O2/c1-5(2)8-11-12-9(14-8)7(13)10-6-3-4-6/h5-6H,3-4H2,1-2H3,(H,10,13). The molecule has 5 heteroatoms. The molecule has 2 rings (SSSR count). The Morgan fingerprint density at radius 3 is 2.71 bits per heavy atom. The highest BCUT2D eigenvalue weighted by molar-refractivity contribution is 5.89. The summed E-state index contributed by atoms with van der Waals surface area (Å²) in [6, 6.07) is 0.317. The van der Waals surface area contributed by atoms with Crippen LogP contribution in [-0.2, 0) is 0 Å². The van der Waals surface area contributed by atoms with Crippen LogP contribution in [0.15, 0.2) is 4.42 Å². The number of carbonyl (C=O) groups is 1. The second-order valence-electron chi connectivity index (χ2n) is 3.85. The van der Waals surface area contributed by atoms with Crippen molar-refractivity contribution in [3.8, 4) is 0 Å². The molecule has 0 aromatic carbocycles. The van der Waals surface area contributed by atoms with Gasteiger partial charge in [-0.1, -0.05) is 13.8 Å².